The van der Waals surface area contributed by atoms with Crippen molar-refractivity contribution < 1.29 is 38.1 Å². The number of nitrogens with zero attached hydrogens (tertiary/aromatic N) is 1. The molecule has 2 aromatic rings. The zero-order chi connectivity index (χ0) is 19.2. The molecule has 0 spiro atoms. The standard InChI is InChI=1S/C14H14N2O3.C2HF3O2/c17-8-1-2-10-9(5-8)11-7-3-4-16(6-7)13(14(18)19)12(11)15-10;3-2(4,5)1(6)7/h1-2,5,7,13,15,17H,3-4,6H2,(H,18,19);(H,6,7). The van der Waals surface area contributed by atoms with Crippen LogP contribution in [0, 0.1) is 0 Å². The van der Waals surface area contributed by atoms with Gasteiger partial charge in [-0.15, -0.1) is 0 Å². The summed E-state index contributed by atoms with van der Waals surface area (Å²) in [4.78, 5) is 25.7. The minimum atomic E-state index is -5.08. The number of aromatic hydroxyl groups is 1. The van der Waals surface area contributed by atoms with E-state index in [2.05, 4.69) is 4.98 Å². The Kier molecular flexibility index (Phi) is 4.31. The van der Waals surface area contributed by atoms with Gasteiger partial charge in [-0.3, -0.25) is 9.69 Å². The highest BCUT2D eigenvalue weighted by molar-refractivity contribution is 5.90. The van der Waals surface area contributed by atoms with Crippen LogP contribution in [0.1, 0.15) is 29.6 Å². The number of rotatable bonds is 1. The van der Waals surface area contributed by atoms with Gasteiger partial charge in [0.25, 0.3) is 0 Å². The molecule has 2 bridgehead atoms. The Bertz CT molecular complexity index is 877. The monoisotopic (exact) mass is 372 g/mol. The van der Waals surface area contributed by atoms with Crippen molar-refractivity contribution in [2.75, 3.05) is 13.1 Å². The molecule has 1 aromatic heterocycles. The molecule has 7 nitrogen and oxygen atoms in total. The second-order valence-corrected chi connectivity index (χ2v) is 6.21. The van der Waals surface area contributed by atoms with E-state index in [1.165, 1.54) is 0 Å². The van der Waals surface area contributed by atoms with Crippen molar-refractivity contribution in [3.63, 3.8) is 0 Å². The van der Waals surface area contributed by atoms with Crippen LogP contribution in [-0.2, 0) is 9.59 Å². The van der Waals surface area contributed by atoms with Crippen LogP contribution < -0.4 is 0 Å². The predicted octanol–water partition coefficient (Wildman–Crippen LogP) is 2.44. The number of alkyl halides is 3. The summed E-state index contributed by atoms with van der Waals surface area (Å²) in [7, 11) is 0. The van der Waals surface area contributed by atoms with Gasteiger partial charge >= 0.3 is 18.1 Å². The lowest BCUT2D eigenvalue weighted by atomic mass is 9.90. The fourth-order valence-corrected chi connectivity index (χ4v) is 3.60. The number of aromatic nitrogens is 1. The van der Waals surface area contributed by atoms with Crippen LogP contribution in [0.3, 0.4) is 0 Å². The lowest BCUT2D eigenvalue weighted by Gasteiger charge is -2.29. The quantitative estimate of drug-likeness (QED) is 0.611. The van der Waals surface area contributed by atoms with E-state index in [-0.39, 0.29) is 5.75 Å². The maximum absolute atomic E-state index is 11.5. The molecule has 3 unspecified atom stereocenters. The number of hydrogen-bond donors (Lipinski definition) is 4. The fraction of sp³-hybridized carbons (Fsp3) is 0.375. The first kappa shape index (κ1) is 18.1. The maximum atomic E-state index is 11.5. The molecule has 3 atom stereocenters. The number of nitrogens with one attached hydrogen (secondary N) is 1. The minimum Gasteiger partial charge on any atom is -0.508 e. The van der Waals surface area contributed by atoms with E-state index in [1.807, 2.05) is 11.0 Å². The summed E-state index contributed by atoms with van der Waals surface area (Å²) in [5.41, 5.74) is 2.79. The van der Waals surface area contributed by atoms with Crippen molar-refractivity contribution in [3.8, 4) is 5.75 Å². The molecule has 140 valence electrons. The third kappa shape index (κ3) is 3.07. The first-order valence-corrected chi connectivity index (χ1v) is 7.71. The fourth-order valence-electron chi connectivity index (χ4n) is 3.60. The van der Waals surface area contributed by atoms with E-state index in [9.17, 15) is 28.2 Å². The van der Waals surface area contributed by atoms with E-state index in [4.69, 9.17) is 9.90 Å². The van der Waals surface area contributed by atoms with Gasteiger partial charge in [-0.25, -0.2) is 4.79 Å². The van der Waals surface area contributed by atoms with Gasteiger partial charge in [-0.05, 0) is 36.7 Å². The SMILES string of the molecule is O=C(O)C(F)(F)F.O=C(O)C1c2[nH]c3ccc(O)cc3c2C2CCN1C2. The number of aliphatic carboxylic acids is 2. The van der Waals surface area contributed by atoms with Crippen molar-refractivity contribution in [2.24, 2.45) is 0 Å². The van der Waals surface area contributed by atoms with Gasteiger partial charge in [0, 0.05) is 29.1 Å². The van der Waals surface area contributed by atoms with Gasteiger partial charge < -0.3 is 20.3 Å². The van der Waals surface area contributed by atoms with Gasteiger partial charge in [-0.1, -0.05) is 0 Å². The van der Waals surface area contributed by atoms with E-state index in [0.717, 1.165) is 41.7 Å². The summed E-state index contributed by atoms with van der Waals surface area (Å²) >= 11 is 0. The summed E-state index contributed by atoms with van der Waals surface area (Å²) in [5.74, 6) is -2.97. The third-order valence-electron chi connectivity index (χ3n) is 4.60. The van der Waals surface area contributed by atoms with Crippen LogP contribution in [0.25, 0.3) is 10.9 Å². The summed E-state index contributed by atoms with van der Waals surface area (Å²) in [6, 6.07) is 4.59. The van der Waals surface area contributed by atoms with Crippen LogP contribution in [0.4, 0.5) is 13.2 Å². The molecule has 3 heterocycles. The zero-order valence-corrected chi connectivity index (χ0v) is 13.2. The lowest BCUT2D eigenvalue weighted by molar-refractivity contribution is -0.192. The number of phenols is 1. The predicted molar refractivity (Wildman–Crippen MR) is 83.0 cm³/mol. The van der Waals surface area contributed by atoms with Crippen LogP contribution in [-0.4, -0.2) is 56.4 Å². The number of hydrogen-bond acceptors (Lipinski definition) is 4. The number of phenolic OH excluding ortho intramolecular Hbond substituents is 1. The number of carboxylic acids is 2. The molecule has 0 amide bonds. The molecule has 2 aliphatic rings. The number of fused-ring (bicyclic) bond motifs is 6. The molecule has 4 rings (SSSR count). The van der Waals surface area contributed by atoms with E-state index in [1.54, 1.807) is 12.1 Å². The highest BCUT2D eigenvalue weighted by Crippen LogP contribution is 2.46. The lowest BCUT2D eigenvalue weighted by Crippen LogP contribution is -2.35. The number of H-pyrrole nitrogens is 1. The Balaban J connectivity index is 0.000000242. The smallest absolute Gasteiger partial charge is 0.490 e. The number of benzene rings is 1. The Hall–Kier alpha value is -2.75. The van der Waals surface area contributed by atoms with Crippen LogP contribution in [0.2, 0.25) is 0 Å². The molecule has 1 aromatic carbocycles. The molecule has 10 heteroatoms. The van der Waals surface area contributed by atoms with Gasteiger partial charge in [0.1, 0.15) is 11.8 Å². The van der Waals surface area contributed by atoms with Gasteiger partial charge in [-0.2, -0.15) is 13.2 Å². The minimum absolute atomic E-state index is 0.224. The van der Waals surface area contributed by atoms with Crippen molar-refractivity contribution >= 4 is 22.8 Å². The van der Waals surface area contributed by atoms with Gasteiger partial charge in [0.2, 0.25) is 0 Å². The second kappa shape index (κ2) is 6.20. The Labute approximate surface area is 144 Å². The molecule has 2 aliphatic heterocycles. The molecule has 0 radical (unpaired) electrons. The molecular formula is C16H15F3N2O5. The third-order valence-corrected chi connectivity index (χ3v) is 4.60. The number of carbonyl (C=O) groups is 2. The Morgan fingerprint density at radius 3 is 2.46 bits per heavy atom. The van der Waals surface area contributed by atoms with Gasteiger partial charge in [0.05, 0.1) is 0 Å². The number of halogens is 3. The van der Waals surface area contributed by atoms with E-state index < -0.39 is 24.2 Å². The molecule has 1 fully saturated rings. The molecule has 26 heavy (non-hydrogen) atoms. The maximum Gasteiger partial charge on any atom is 0.490 e. The van der Waals surface area contributed by atoms with Crippen LogP contribution >= 0.6 is 0 Å². The van der Waals surface area contributed by atoms with Gasteiger partial charge in [0.15, 0.2) is 0 Å². The molecule has 1 saturated heterocycles. The molecular weight excluding hydrogens is 357 g/mol. The summed E-state index contributed by atoms with van der Waals surface area (Å²) in [6.07, 6.45) is -4.10. The summed E-state index contributed by atoms with van der Waals surface area (Å²) < 4.78 is 31.7. The highest BCUT2D eigenvalue weighted by atomic mass is 19.4. The first-order valence-electron chi connectivity index (χ1n) is 7.71. The highest BCUT2D eigenvalue weighted by Gasteiger charge is 2.43. The average molecular weight is 372 g/mol. The van der Waals surface area contributed by atoms with Crippen molar-refractivity contribution in [2.45, 2.75) is 24.6 Å². The largest absolute Gasteiger partial charge is 0.508 e. The number of aromatic amines is 1. The first-order chi connectivity index (χ1) is 12.1. The normalized spacial score (nSPS) is 23.9. The molecule has 4 N–H and O–H groups in total. The van der Waals surface area contributed by atoms with E-state index >= 15 is 0 Å². The van der Waals surface area contributed by atoms with Crippen molar-refractivity contribution in [1.29, 1.82) is 0 Å². The molecule has 0 saturated carbocycles. The summed E-state index contributed by atoms with van der Waals surface area (Å²) in [5, 5.41) is 27.2. The summed E-state index contributed by atoms with van der Waals surface area (Å²) in [6.45, 7) is 1.62. The zero-order valence-electron chi connectivity index (χ0n) is 13.2. The second-order valence-electron chi connectivity index (χ2n) is 6.21. The van der Waals surface area contributed by atoms with Crippen molar-refractivity contribution in [3.05, 3.63) is 29.5 Å². The van der Waals surface area contributed by atoms with Crippen LogP contribution in [0.5, 0.6) is 5.75 Å². The molecule has 0 aliphatic carbocycles. The Morgan fingerprint density at radius 1 is 1.23 bits per heavy atom. The Morgan fingerprint density at radius 2 is 1.88 bits per heavy atom. The average Bonchev–Trinajstić information content (AvgIpc) is 3.09. The van der Waals surface area contributed by atoms with E-state index in [0.29, 0.717) is 5.92 Å². The topological polar surface area (TPSA) is 114 Å². The van der Waals surface area contributed by atoms with Crippen LogP contribution in [0.15, 0.2) is 18.2 Å². The van der Waals surface area contributed by atoms with Crippen molar-refractivity contribution in [1.82, 2.24) is 9.88 Å². The number of carboxylic acid groups (broad SMARTS) is 2.